The van der Waals surface area contributed by atoms with Crippen LogP contribution in [0.25, 0.3) is 11.1 Å². The molecule has 0 amide bonds. The molecule has 0 saturated carbocycles. The highest BCUT2D eigenvalue weighted by Gasteiger charge is 2.30. The van der Waals surface area contributed by atoms with Crippen molar-refractivity contribution in [3.05, 3.63) is 131 Å². The largest absolute Gasteiger partial charge is 0.326 e. The summed E-state index contributed by atoms with van der Waals surface area (Å²) in [5.74, 6) is 2.08. The minimum atomic E-state index is -0.183. The molecule has 0 unspecified atom stereocenters. The molecule has 46 heavy (non-hydrogen) atoms. The lowest BCUT2D eigenvalue weighted by Crippen LogP contribution is -2.28. The summed E-state index contributed by atoms with van der Waals surface area (Å²) in [6.07, 6.45) is 8.49. The van der Waals surface area contributed by atoms with E-state index >= 15 is 0 Å². The Kier molecular flexibility index (Phi) is 7.71. The van der Waals surface area contributed by atoms with Gasteiger partial charge in [-0.2, -0.15) is 0 Å². The van der Waals surface area contributed by atoms with Gasteiger partial charge in [0, 0.05) is 47.8 Å². The number of rotatable bonds is 5. The lowest BCUT2D eigenvalue weighted by atomic mass is 9.76. The highest BCUT2D eigenvalue weighted by Crippen LogP contribution is 2.43. The van der Waals surface area contributed by atoms with Gasteiger partial charge in [0.15, 0.2) is 0 Å². The zero-order chi connectivity index (χ0) is 32.1. The Morgan fingerprint density at radius 1 is 0.630 bits per heavy atom. The van der Waals surface area contributed by atoms with Crippen LogP contribution in [0.1, 0.15) is 80.8 Å². The number of nitrogens with zero attached hydrogens (tertiary/aromatic N) is 4. The van der Waals surface area contributed by atoms with E-state index in [9.17, 15) is 0 Å². The van der Waals surface area contributed by atoms with Crippen molar-refractivity contribution >= 4 is 23.0 Å². The highest BCUT2D eigenvalue weighted by molar-refractivity contribution is 5.74. The molecule has 4 heteroatoms. The number of aryl methyl sites for hydroxylation is 3. The molecule has 0 atom stereocenters. The van der Waals surface area contributed by atoms with Crippen LogP contribution in [0.5, 0.6) is 0 Å². The van der Waals surface area contributed by atoms with E-state index in [0.29, 0.717) is 0 Å². The van der Waals surface area contributed by atoms with E-state index in [-0.39, 0.29) is 10.8 Å². The van der Waals surface area contributed by atoms with Gasteiger partial charge in [-0.1, -0.05) is 89.2 Å². The normalized spacial score (nSPS) is 15.0. The van der Waals surface area contributed by atoms with Gasteiger partial charge >= 0.3 is 0 Å². The zero-order valence-corrected chi connectivity index (χ0v) is 28.3. The summed E-state index contributed by atoms with van der Waals surface area (Å²) < 4.78 is 0. The quantitative estimate of drug-likeness (QED) is 0.199. The van der Waals surface area contributed by atoms with Crippen molar-refractivity contribution in [1.29, 1.82) is 0 Å². The van der Waals surface area contributed by atoms with Gasteiger partial charge in [-0.3, -0.25) is 0 Å². The first-order chi connectivity index (χ1) is 22.1. The SMILES string of the molecule is Cc1ccnc(N2CCCc3ccc(C(C)(C)c4ccc5c(c4)N(c4cc(C(C)(C)C)c(-c6ccccc6)cn4)CCC5)cc32)c1. The Balaban J connectivity index is 1.27. The number of hydrogen-bond acceptors (Lipinski definition) is 4. The third-order valence-electron chi connectivity index (χ3n) is 10.1. The third-order valence-corrected chi connectivity index (χ3v) is 10.1. The molecule has 0 saturated heterocycles. The standard InChI is InChI=1S/C42H46N4/c1-29-20-21-43-39(24-29)45-22-10-14-31-16-18-33(25-37(31)45)42(5,6)34-19-17-32-15-11-23-46(38(32)26-34)40-27-36(41(2,3)4)35(28-44-40)30-12-8-7-9-13-30/h7-9,12-13,16-21,24-28H,10-11,14-15,22-23H2,1-6H3. The van der Waals surface area contributed by atoms with E-state index in [1.807, 2.05) is 6.20 Å². The first-order valence-electron chi connectivity index (χ1n) is 16.9. The van der Waals surface area contributed by atoms with Gasteiger partial charge in [0.1, 0.15) is 11.6 Å². The van der Waals surface area contributed by atoms with E-state index in [0.717, 1.165) is 50.4 Å². The van der Waals surface area contributed by atoms with E-state index in [2.05, 4.69) is 142 Å². The van der Waals surface area contributed by atoms with Crippen LogP contribution in [-0.4, -0.2) is 23.1 Å². The Hall–Kier alpha value is -4.44. The predicted octanol–water partition coefficient (Wildman–Crippen LogP) is 10.2. The fourth-order valence-electron chi connectivity index (χ4n) is 7.30. The van der Waals surface area contributed by atoms with Crippen molar-refractivity contribution in [3.8, 4) is 11.1 Å². The number of benzene rings is 3. The molecule has 0 bridgehead atoms. The molecule has 2 aromatic heterocycles. The maximum absolute atomic E-state index is 5.11. The Labute approximate surface area is 275 Å². The first kappa shape index (κ1) is 30.2. The van der Waals surface area contributed by atoms with Crippen LogP contribution in [0.2, 0.25) is 0 Å². The van der Waals surface area contributed by atoms with Crippen LogP contribution in [0.3, 0.4) is 0 Å². The predicted molar refractivity (Wildman–Crippen MR) is 193 cm³/mol. The Morgan fingerprint density at radius 3 is 1.78 bits per heavy atom. The number of anilines is 4. The van der Waals surface area contributed by atoms with Gasteiger partial charge in [-0.15, -0.1) is 0 Å². The molecular formula is C42H46N4. The van der Waals surface area contributed by atoms with Gasteiger partial charge in [0.2, 0.25) is 0 Å². The van der Waals surface area contributed by atoms with Gasteiger partial charge in [0.05, 0.1) is 0 Å². The second-order valence-corrected chi connectivity index (χ2v) is 14.7. The van der Waals surface area contributed by atoms with Crippen molar-refractivity contribution < 1.29 is 0 Å². The van der Waals surface area contributed by atoms with Crippen LogP contribution >= 0.6 is 0 Å². The van der Waals surface area contributed by atoms with Crippen molar-refractivity contribution in [2.45, 2.75) is 78.1 Å². The second kappa shape index (κ2) is 11.7. The molecule has 0 spiro atoms. The first-order valence-corrected chi connectivity index (χ1v) is 16.9. The third kappa shape index (κ3) is 5.59. The Bertz CT molecular complexity index is 1880. The molecule has 0 fully saturated rings. The molecule has 4 nitrogen and oxygen atoms in total. The molecule has 2 aliphatic rings. The molecular weight excluding hydrogens is 560 g/mol. The summed E-state index contributed by atoms with van der Waals surface area (Å²) in [6, 6.07) is 31.6. The summed E-state index contributed by atoms with van der Waals surface area (Å²) in [5, 5.41) is 0. The number of fused-ring (bicyclic) bond motifs is 2. The van der Waals surface area contributed by atoms with E-state index in [1.165, 1.54) is 55.9 Å². The molecule has 4 heterocycles. The molecule has 0 aliphatic carbocycles. The monoisotopic (exact) mass is 606 g/mol. The molecule has 3 aromatic carbocycles. The number of aromatic nitrogens is 2. The smallest absolute Gasteiger partial charge is 0.133 e. The average molecular weight is 607 g/mol. The topological polar surface area (TPSA) is 32.3 Å². The van der Waals surface area contributed by atoms with Crippen LogP contribution in [0.15, 0.2) is 97.3 Å². The van der Waals surface area contributed by atoms with Crippen LogP contribution in [0.4, 0.5) is 23.0 Å². The van der Waals surface area contributed by atoms with Crippen LogP contribution in [-0.2, 0) is 23.7 Å². The van der Waals surface area contributed by atoms with Crippen LogP contribution < -0.4 is 9.80 Å². The van der Waals surface area contributed by atoms with Gasteiger partial charge in [-0.25, -0.2) is 9.97 Å². The Morgan fingerprint density at radius 2 is 1.22 bits per heavy atom. The average Bonchev–Trinajstić information content (AvgIpc) is 3.07. The van der Waals surface area contributed by atoms with E-state index in [1.54, 1.807) is 0 Å². The number of hydrogen-bond donors (Lipinski definition) is 0. The molecule has 0 radical (unpaired) electrons. The van der Waals surface area contributed by atoms with Gasteiger partial charge < -0.3 is 9.80 Å². The fraction of sp³-hybridized carbons (Fsp3) is 0.333. The molecule has 2 aliphatic heterocycles. The minimum Gasteiger partial charge on any atom is -0.326 e. The van der Waals surface area contributed by atoms with Crippen molar-refractivity contribution in [1.82, 2.24) is 9.97 Å². The van der Waals surface area contributed by atoms with Gasteiger partial charge in [-0.05, 0) is 107 Å². The second-order valence-electron chi connectivity index (χ2n) is 14.7. The van der Waals surface area contributed by atoms with Crippen molar-refractivity contribution in [3.63, 3.8) is 0 Å². The summed E-state index contributed by atoms with van der Waals surface area (Å²) in [4.78, 5) is 14.7. The van der Waals surface area contributed by atoms with Crippen molar-refractivity contribution in [2.24, 2.45) is 0 Å². The molecule has 5 aromatic rings. The summed E-state index contributed by atoms with van der Waals surface area (Å²) >= 11 is 0. The van der Waals surface area contributed by atoms with E-state index in [4.69, 9.17) is 9.97 Å². The maximum Gasteiger partial charge on any atom is 0.133 e. The lowest BCUT2D eigenvalue weighted by Gasteiger charge is -2.36. The van der Waals surface area contributed by atoms with Crippen LogP contribution in [0, 0.1) is 6.92 Å². The highest BCUT2D eigenvalue weighted by atomic mass is 15.2. The summed E-state index contributed by atoms with van der Waals surface area (Å²) in [7, 11) is 0. The lowest BCUT2D eigenvalue weighted by molar-refractivity contribution is 0.590. The number of pyridine rings is 2. The van der Waals surface area contributed by atoms with Crippen molar-refractivity contribution in [2.75, 3.05) is 22.9 Å². The summed E-state index contributed by atoms with van der Waals surface area (Å²) in [5.41, 5.74) is 12.9. The summed E-state index contributed by atoms with van der Waals surface area (Å²) in [6.45, 7) is 15.8. The fourth-order valence-corrected chi connectivity index (χ4v) is 7.30. The minimum absolute atomic E-state index is 0.0143. The molecule has 0 N–H and O–H groups in total. The zero-order valence-electron chi connectivity index (χ0n) is 28.3. The maximum atomic E-state index is 5.11. The molecule has 234 valence electrons. The van der Waals surface area contributed by atoms with E-state index < -0.39 is 0 Å². The molecule has 7 rings (SSSR count). The van der Waals surface area contributed by atoms with Gasteiger partial charge in [0.25, 0.3) is 0 Å².